The predicted octanol–water partition coefficient (Wildman–Crippen LogP) is 1.91. The highest BCUT2D eigenvalue weighted by Crippen LogP contribution is 2.43. The van der Waals surface area contributed by atoms with Crippen LogP contribution < -0.4 is 10.2 Å². The first kappa shape index (κ1) is 16.3. The maximum Gasteiger partial charge on any atom is 0.267 e. The molecule has 2 aromatic carbocycles. The number of nitrogens with one attached hydrogen (secondary N) is 1. The molecule has 0 aromatic heterocycles. The number of hydrogen-bond acceptors (Lipinski definition) is 3. The Hall–Kier alpha value is -3.15. The summed E-state index contributed by atoms with van der Waals surface area (Å²) < 4.78 is 0. The molecule has 1 saturated heterocycles. The van der Waals surface area contributed by atoms with Crippen molar-refractivity contribution >= 4 is 23.4 Å². The van der Waals surface area contributed by atoms with E-state index in [1.807, 2.05) is 30.3 Å². The van der Waals surface area contributed by atoms with E-state index in [2.05, 4.69) is 5.32 Å². The Morgan fingerprint density at radius 2 is 1.77 bits per heavy atom. The maximum absolute atomic E-state index is 13.2. The Balaban J connectivity index is 1.72. The molecule has 26 heavy (non-hydrogen) atoms. The van der Waals surface area contributed by atoms with Gasteiger partial charge in [0.25, 0.3) is 11.8 Å². The first-order valence-electron chi connectivity index (χ1n) is 8.58. The lowest BCUT2D eigenvalue weighted by Crippen LogP contribution is -2.69. The van der Waals surface area contributed by atoms with E-state index >= 15 is 0 Å². The van der Waals surface area contributed by atoms with Crippen molar-refractivity contribution in [2.75, 3.05) is 11.9 Å². The maximum atomic E-state index is 13.2. The van der Waals surface area contributed by atoms with Crippen LogP contribution in [0.1, 0.15) is 28.8 Å². The van der Waals surface area contributed by atoms with E-state index in [1.54, 1.807) is 31.3 Å². The van der Waals surface area contributed by atoms with Crippen molar-refractivity contribution in [3.8, 4) is 0 Å². The number of fused-ring (bicyclic) bond motifs is 3. The van der Waals surface area contributed by atoms with Gasteiger partial charge in [0.15, 0.2) is 0 Å². The molecule has 0 bridgehead atoms. The van der Waals surface area contributed by atoms with E-state index in [0.29, 0.717) is 17.8 Å². The third-order valence-electron chi connectivity index (χ3n) is 5.20. The third-order valence-corrected chi connectivity index (χ3v) is 5.20. The van der Waals surface area contributed by atoms with Crippen LogP contribution >= 0.6 is 0 Å². The van der Waals surface area contributed by atoms with E-state index < -0.39 is 5.66 Å². The summed E-state index contributed by atoms with van der Waals surface area (Å²) in [7, 11) is 1.59. The summed E-state index contributed by atoms with van der Waals surface area (Å²) in [5, 5.41) is 2.91. The minimum Gasteiger partial charge on any atom is -0.348 e. The van der Waals surface area contributed by atoms with Crippen LogP contribution in [0.4, 0.5) is 5.69 Å². The first-order chi connectivity index (χ1) is 12.6. The van der Waals surface area contributed by atoms with Gasteiger partial charge in [0.1, 0.15) is 0 Å². The van der Waals surface area contributed by atoms with Crippen LogP contribution in [0.25, 0.3) is 0 Å². The monoisotopic (exact) mass is 349 g/mol. The van der Waals surface area contributed by atoms with Gasteiger partial charge in [-0.3, -0.25) is 19.3 Å². The number of likely N-dealkylation sites (N-methyl/N-ethyl adjacent to an activating group) is 1. The molecule has 0 spiro atoms. The summed E-state index contributed by atoms with van der Waals surface area (Å²) in [5.41, 5.74) is 0.597. The molecule has 0 radical (unpaired) electrons. The molecule has 1 N–H and O–H groups in total. The SMILES string of the molecule is CN1C(=O)c2ccccc2N2C(=O)CC[C@@]12C(=O)NCc1ccccc1. The fourth-order valence-corrected chi connectivity index (χ4v) is 3.85. The van der Waals surface area contributed by atoms with Crippen molar-refractivity contribution in [3.05, 3.63) is 65.7 Å². The van der Waals surface area contributed by atoms with E-state index in [-0.39, 0.29) is 30.6 Å². The number of benzene rings is 2. The summed E-state index contributed by atoms with van der Waals surface area (Å²) in [6.45, 7) is 0.340. The second kappa shape index (κ2) is 5.98. The number of carbonyl (C=O) groups is 3. The Morgan fingerprint density at radius 1 is 1.08 bits per heavy atom. The Bertz CT molecular complexity index is 896. The molecule has 6 heteroatoms. The molecule has 0 aliphatic carbocycles. The topological polar surface area (TPSA) is 69.7 Å². The van der Waals surface area contributed by atoms with Gasteiger partial charge in [0.2, 0.25) is 11.6 Å². The fraction of sp³-hybridized carbons (Fsp3) is 0.250. The average Bonchev–Trinajstić information content (AvgIpc) is 3.04. The van der Waals surface area contributed by atoms with E-state index in [4.69, 9.17) is 0 Å². The normalized spacial score (nSPS) is 21.4. The number of nitrogens with zero attached hydrogens (tertiary/aromatic N) is 2. The number of rotatable bonds is 3. The van der Waals surface area contributed by atoms with E-state index in [0.717, 1.165) is 5.56 Å². The molecule has 132 valence electrons. The summed E-state index contributed by atoms with van der Waals surface area (Å²) in [6.07, 6.45) is 0.508. The van der Waals surface area contributed by atoms with Gasteiger partial charge in [-0.2, -0.15) is 0 Å². The van der Waals surface area contributed by atoms with Crippen LogP contribution in [0, 0.1) is 0 Å². The second-order valence-electron chi connectivity index (χ2n) is 6.60. The lowest BCUT2D eigenvalue weighted by atomic mass is 9.96. The molecular weight excluding hydrogens is 330 g/mol. The summed E-state index contributed by atoms with van der Waals surface area (Å²) in [6, 6.07) is 16.5. The largest absolute Gasteiger partial charge is 0.348 e. The van der Waals surface area contributed by atoms with Crippen LogP contribution in [-0.4, -0.2) is 35.3 Å². The summed E-state index contributed by atoms with van der Waals surface area (Å²) >= 11 is 0. The molecule has 2 aliphatic rings. The molecule has 2 aromatic rings. The molecule has 0 unspecified atom stereocenters. The Labute approximate surface area is 151 Å². The van der Waals surface area contributed by atoms with Gasteiger partial charge in [0, 0.05) is 26.4 Å². The number of carbonyl (C=O) groups excluding carboxylic acids is 3. The highest BCUT2D eigenvalue weighted by atomic mass is 16.2. The van der Waals surface area contributed by atoms with Crippen LogP contribution in [-0.2, 0) is 16.1 Å². The predicted molar refractivity (Wildman–Crippen MR) is 96.3 cm³/mol. The molecule has 3 amide bonds. The lowest BCUT2D eigenvalue weighted by Gasteiger charge is -2.47. The molecule has 2 aliphatic heterocycles. The van der Waals surface area contributed by atoms with Gasteiger partial charge in [-0.05, 0) is 17.7 Å². The first-order valence-corrected chi connectivity index (χ1v) is 8.58. The minimum atomic E-state index is -1.31. The zero-order valence-electron chi connectivity index (χ0n) is 14.4. The minimum absolute atomic E-state index is 0.147. The van der Waals surface area contributed by atoms with Crippen molar-refractivity contribution in [1.82, 2.24) is 10.2 Å². The number of anilines is 1. The zero-order chi connectivity index (χ0) is 18.3. The Kier molecular flexibility index (Phi) is 3.76. The smallest absolute Gasteiger partial charge is 0.267 e. The van der Waals surface area contributed by atoms with E-state index in [9.17, 15) is 14.4 Å². The molecule has 4 rings (SSSR count). The second-order valence-corrected chi connectivity index (χ2v) is 6.60. The summed E-state index contributed by atoms with van der Waals surface area (Å²) in [4.78, 5) is 41.6. The number of para-hydroxylation sites is 1. The van der Waals surface area contributed by atoms with Crippen LogP contribution in [0.3, 0.4) is 0 Å². The Morgan fingerprint density at radius 3 is 2.54 bits per heavy atom. The average molecular weight is 349 g/mol. The molecule has 0 saturated carbocycles. The van der Waals surface area contributed by atoms with Gasteiger partial charge in [-0.1, -0.05) is 42.5 Å². The number of hydrogen-bond donors (Lipinski definition) is 1. The van der Waals surface area contributed by atoms with Crippen molar-refractivity contribution in [2.45, 2.75) is 25.0 Å². The molecular formula is C20H19N3O3. The molecule has 1 atom stereocenters. The van der Waals surface area contributed by atoms with E-state index in [1.165, 1.54) is 9.80 Å². The van der Waals surface area contributed by atoms with Crippen molar-refractivity contribution in [3.63, 3.8) is 0 Å². The van der Waals surface area contributed by atoms with Gasteiger partial charge < -0.3 is 10.2 Å². The van der Waals surface area contributed by atoms with Crippen LogP contribution in [0.5, 0.6) is 0 Å². The highest BCUT2D eigenvalue weighted by Gasteiger charge is 2.59. The van der Waals surface area contributed by atoms with Gasteiger partial charge in [-0.25, -0.2) is 0 Å². The number of amides is 3. The van der Waals surface area contributed by atoms with Crippen LogP contribution in [0.15, 0.2) is 54.6 Å². The van der Waals surface area contributed by atoms with Crippen molar-refractivity contribution in [2.24, 2.45) is 0 Å². The standard InChI is InChI=1S/C20H19N3O3/c1-22-18(25)15-9-5-6-10-16(15)23-17(24)11-12-20(22,23)19(26)21-13-14-7-3-2-4-8-14/h2-10H,11-13H2,1H3,(H,21,26)/t20-/m1/s1. The lowest BCUT2D eigenvalue weighted by molar-refractivity contribution is -0.133. The molecule has 1 fully saturated rings. The van der Waals surface area contributed by atoms with Crippen molar-refractivity contribution < 1.29 is 14.4 Å². The van der Waals surface area contributed by atoms with Crippen LogP contribution in [0.2, 0.25) is 0 Å². The highest BCUT2D eigenvalue weighted by molar-refractivity contribution is 6.16. The van der Waals surface area contributed by atoms with Gasteiger partial charge in [-0.15, -0.1) is 0 Å². The third kappa shape index (κ3) is 2.22. The van der Waals surface area contributed by atoms with Gasteiger partial charge in [0.05, 0.1) is 11.3 Å². The quantitative estimate of drug-likeness (QED) is 0.920. The molecule has 2 heterocycles. The summed E-state index contributed by atoms with van der Waals surface area (Å²) in [5.74, 6) is -0.731. The fourth-order valence-electron chi connectivity index (χ4n) is 3.85. The van der Waals surface area contributed by atoms with Crippen molar-refractivity contribution in [1.29, 1.82) is 0 Å². The zero-order valence-corrected chi connectivity index (χ0v) is 14.4. The molecule has 6 nitrogen and oxygen atoms in total. The van der Waals surface area contributed by atoms with Gasteiger partial charge >= 0.3 is 0 Å².